The summed E-state index contributed by atoms with van der Waals surface area (Å²) in [6.07, 6.45) is -0.398. The van der Waals surface area contributed by atoms with E-state index in [1.54, 1.807) is 27.7 Å². The third kappa shape index (κ3) is 7.53. The van der Waals surface area contributed by atoms with E-state index in [9.17, 15) is 23.1 Å². The van der Waals surface area contributed by atoms with E-state index in [-0.39, 0.29) is 17.0 Å². The Balaban J connectivity index is 3.23. The van der Waals surface area contributed by atoms with E-state index in [0.717, 1.165) is 24.3 Å². The van der Waals surface area contributed by atoms with Gasteiger partial charge >= 0.3 is 7.60 Å². The molecule has 0 saturated carbocycles. The lowest BCUT2D eigenvalue weighted by atomic mass is 10.3. The summed E-state index contributed by atoms with van der Waals surface area (Å²) >= 11 is 3.25. The van der Waals surface area contributed by atoms with Crippen LogP contribution in [0.4, 0.5) is 5.69 Å². The van der Waals surface area contributed by atoms with Crippen molar-refractivity contribution < 1.29 is 31.1 Å². The van der Waals surface area contributed by atoms with Crippen molar-refractivity contribution in [2.24, 2.45) is 0 Å². The molecule has 0 aliphatic rings. The molecule has 0 saturated heterocycles. The van der Waals surface area contributed by atoms with E-state index in [4.69, 9.17) is 13.2 Å². The van der Waals surface area contributed by atoms with Crippen LogP contribution in [-0.2, 0) is 27.9 Å². The minimum Gasteiger partial charge on any atom is -0.304 e. The van der Waals surface area contributed by atoms with Crippen LogP contribution in [0.2, 0.25) is 0 Å². The second kappa shape index (κ2) is 10.8. The fourth-order valence-corrected chi connectivity index (χ4v) is 6.25. The third-order valence-electron chi connectivity index (χ3n) is 3.23. The Hall–Kier alpha value is -0.840. The summed E-state index contributed by atoms with van der Waals surface area (Å²) in [6.45, 7) is 6.62. The Kier molecular flexibility index (Phi) is 9.72. The molecule has 1 atom stereocenters. The maximum absolute atomic E-state index is 13.4. The average Bonchev–Trinajstić information content (AvgIpc) is 2.57. The van der Waals surface area contributed by atoms with E-state index in [2.05, 4.69) is 15.9 Å². The molecule has 1 aromatic rings. The third-order valence-corrected chi connectivity index (χ3v) is 7.77. The quantitative estimate of drug-likeness (QED) is 0.131. The van der Waals surface area contributed by atoms with Gasteiger partial charge in [0.1, 0.15) is 0 Å². The van der Waals surface area contributed by atoms with Gasteiger partial charge in [-0.25, -0.2) is 0 Å². The minimum atomic E-state index is -4.36. The van der Waals surface area contributed by atoms with Gasteiger partial charge in [-0.15, -0.1) is 0 Å². The molecule has 0 heterocycles. The van der Waals surface area contributed by atoms with E-state index in [1.165, 1.54) is 0 Å². The fraction of sp³-hybridized carbons (Fsp3) is 0.625. The standard InChI is InChI=1S/C16H25BrNO8PS/c1-12(2)24-27(21,25-13(3)4)16(6-5-11-17)26-28(22,23)15-9-7-14(8-10-15)18(19)20/h7-10,12-13,16H,5-6,11H2,1-4H3/t16-/m0/s1. The number of nitro benzene ring substituents is 1. The number of non-ortho nitro benzene ring substituents is 1. The van der Waals surface area contributed by atoms with E-state index >= 15 is 0 Å². The molecule has 160 valence electrons. The number of nitrogens with zero attached hydrogens (tertiary/aromatic N) is 1. The van der Waals surface area contributed by atoms with Crippen molar-refractivity contribution in [3.63, 3.8) is 0 Å². The monoisotopic (exact) mass is 501 g/mol. The molecule has 9 nitrogen and oxygen atoms in total. The van der Waals surface area contributed by atoms with Crippen LogP contribution in [0.3, 0.4) is 0 Å². The van der Waals surface area contributed by atoms with Gasteiger partial charge < -0.3 is 9.05 Å². The average molecular weight is 502 g/mol. The summed E-state index contributed by atoms with van der Waals surface area (Å²) in [5.41, 5.74) is -0.258. The molecular weight excluding hydrogens is 477 g/mol. The number of hydrogen-bond donors (Lipinski definition) is 0. The predicted octanol–water partition coefficient (Wildman–Crippen LogP) is 4.84. The van der Waals surface area contributed by atoms with Crippen molar-refractivity contribution in [3.8, 4) is 0 Å². The van der Waals surface area contributed by atoms with Crippen LogP contribution in [0.15, 0.2) is 29.2 Å². The Morgan fingerprint density at radius 2 is 1.61 bits per heavy atom. The highest BCUT2D eigenvalue weighted by atomic mass is 79.9. The molecule has 0 unspecified atom stereocenters. The predicted molar refractivity (Wildman–Crippen MR) is 108 cm³/mol. The van der Waals surface area contributed by atoms with Crippen LogP contribution < -0.4 is 0 Å². The Labute approximate surface area is 173 Å². The Bertz CT molecular complexity index is 783. The molecule has 0 aromatic heterocycles. The number of hydrogen-bond acceptors (Lipinski definition) is 8. The van der Waals surface area contributed by atoms with Gasteiger partial charge in [0.05, 0.1) is 22.0 Å². The lowest BCUT2D eigenvalue weighted by Gasteiger charge is -2.29. The first kappa shape index (κ1) is 25.2. The Morgan fingerprint density at radius 3 is 2.00 bits per heavy atom. The summed E-state index contributed by atoms with van der Waals surface area (Å²) < 4.78 is 54.9. The number of rotatable bonds is 12. The maximum Gasteiger partial charge on any atom is 0.361 e. The smallest absolute Gasteiger partial charge is 0.304 e. The largest absolute Gasteiger partial charge is 0.361 e. The van der Waals surface area contributed by atoms with Crippen molar-refractivity contribution in [2.75, 3.05) is 5.33 Å². The van der Waals surface area contributed by atoms with E-state index in [0.29, 0.717) is 11.8 Å². The summed E-state index contributed by atoms with van der Waals surface area (Å²) in [4.78, 5) is 9.81. The molecule has 0 amide bonds. The summed E-state index contributed by atoms with van der Waals surface area (Å²) in [5.74, 6) is -1.35. The minimum absolute atomic E-state index is 0.105. The molecule has 0 N–H and O–H groups in total. The zero-order chi connectivity index (χ0) is 21.5. The van der Waals surface area contributed by atoms with E-state index < -0.39 is 40.7 Å². The molecule has 0 aliphatic carbocycles. The van der Waals surface area contributed by atoms with Crippen molar-refractivity contribution >= 4 is 39.3 Å². The van der Waals surface area contributed by atoms with Gasteiger partial charge in [0.2, 0.25) is 0 Å². The van der Waals surface area contributed by atoms with Gasteiger partial charge in [-0.1, -0.05) is 15.9 Å². The van der Waals surface area contributed by atoms with Crippen LogP contribution in [0.1, 0.15) is 40.5 Å². The van der Waals surface area contributed by atoms with Crippen molar-refractivity contribution in [1.82, 2.24) is 0 Å². The van der Waals surface area contributed by atoms with Gasteiger partial charge in [0.15, 0.2) is 5.85 Å². The molecule has 0 spiro atoms. The van der Waals surface area contributed by atoms with Gasteiger partial charge in [0, 0.05) is 17.5 Å². The molecule has 0 fully saturated rings. The molecule has 1 rings (SSSR count). The maximum atomic E-state index is 13.4. The normalized spacial score (nSPS) is 13.8. The lowest BCUT2D eigenvalue weighted by molar-refractivity contribution is -0.384. The molecule has 12 heteroatoms. The molecule has 0 bridgehead atoms. The number of alkyl halides is 1. The highest BCUT2D eigenvalue weighted by Gasteiger charge is 2.42. The zero-order valence-corrected chi connectivity index (χ0v) is 19.4. The highest BCUT2D eigenvalue weighted by molar-refractivity contribution is 9.09. The number of halogens is 1. The molecule has 28 heavy (non-hydrogen) atoms. The first-order valence-electron chi connectivity index (χ1n) is 8.61. The zero-order valence-electron chi connectivity index (χ0n) is 16.1. The van der Waals surface area contributed by atoms with E-state index in [1.807, 2.05) is 0 Å². The van der Waals surface area contributed by atoms with Crippen LogP contribution >= 0.6 is 23.5 Å². The second-order valence-electron chi connectivity index (χ2n) is 6.44. The summed E-state index contributed by atoms with van der Waals surface area (Å²) in [7, 11) is -8.30. The van der Waals surface area contributed by atoms with Crippen molar-refractivity contribution in [1.29, 1.82) is 0 Å². The van der Waals surface area contributed by atoms with Crippen LogP contribution in [0.5, 0.6) is 0 Å². The van der Waals surface area contributed by atoms with Crippen molar-refractivity contribution in [3.05, 3.63) is 34.4 Å². The summed E-state index contributed by atoms with van der Waals surface area (Å²) in [6, 6.07) is 4.23. The Morgan fingerprint density at radius 1 is 1.11 bits per heavy atom. The van der Waals surface area contributed by atoms with Gasteiger partial charge in [-0.2, -0.15) is 8.42 Å². The van der Waals surface area contributed by atoms with Gasteiger partial charge in [-0.05, 0) is 52.7 Å². The van der Waals surface area contributed by atoms with Gasteiger partial charge in [-0.3, -0.25) is 18.9 Å². The van der Waals surface area contributed by atoms with Crippen LogP contribution in [0.25, 0.3) is 0 Å². The second-order valence-corrected chi connectivity index (χ2v) is 10.9. The first-order chi connectivity index (χ1) is 12.9. The lowest BCUT2D eigenvalue weighted by Crippen LogP contribution is -2.24. The summed E-state index contributed by atoms with van der Waals surface area (Å²) in [5, 5.41) is 11.3. The van der Waals surface area contributed by atoms with Gasteiger partial charge in [0.25, 0.3) is 15.8 Å². The SMILES string of the molecule is CC(C)OP(=O)(OC(C)C)[C@@H](CCCBr)OS(=O)(=O)c1ccc([N+](=O)[O-])cc1. The molecule has 0 radical (unpaired) electrons. The highest BCUT2D eigenvalue weighted by Crippen LogP contribution is 2.57. The molecular formula is C16H25BrNO8PS. The first-order valence-corrected chi connectivity index (χ1v) is 12.8. The van der Waals surface area contributed by atoms with Crippen LogP contribution in [0, 0.1) is 10.1 Å². The topological polar surface area (TPSA) is 122 Å². The van der Waals surface area contributed by atoms with Crippen molar-refractivity contribution in [2.45, 2.75) is 63.5 Å². The fourth-order valence-electron chi connectivity index (χ4n) is 2.20. The molecule has 0 aliphatic heterocycles. The number of nitro groups is 1. The van der Waals surface area contributed by atoms with Crippen LogP contribution in [-0.4, -0.2) is 36.7 Å². The number of benzene rings is 1. The molecule has 1 aromatic carbocycles.